The van der Waals surface area contributed by atoms with Crippen LogP contribution in [0.3, 0.4) is 0 Å². The van der Waals surface area contributed by atoms with Crippen LogP contribution in [-0.2, 0) is 23.0 Å². The second-order valence-corrected chi connectivity index (χ2v) is 10.1. The lowest BCUT2D eigenvalue weighted by Crippen LogP contribution is -2.44. The summed E-state index contributed by atoms with van der Waals surface area (Å²) in [5, 5.41) is 0. The van der Waals surface area contributed by atoms with Crippen LogP contribution >= 0.6 is 0 Å². The monoisotopic (exact) mass is 461 g/mol. The van der Waals surface area contributed by atoms with Crippen LogP contribution in [0.25, 0.3) is 0 Å². The van der Waals surface area contributed by atoms with E-state index in [-0.39, 0.29) is 11.4 Å². The van der Waals surface area contributed by atoms with Crippen molar-refractivity contribution in [1.29, 1.82) is 0 Å². The molecule has 0 bridgehead atoms. The minimum atomic E-state index is -3.70. The molecular weight excluding hydrogens is 430 g/mol. The first-order valence-corrected chi connectivity index (χ1v) is 12.2. The first-order chi connectivity index (χ1) is 15.4. The maximum absolute atomic E-state index is 13.6. The molecule has 0 atom stereocenters. The molecule has 2 aromatic rings. The van der Waals surface area contributed by atoms with Crippen molar-refractivity contribution in [2.24, 2.45) is 0 Å². The van der Waals surface area contributed by atoms with Gasteiger partial charge < -0.3 is 24.0 Å². The normalized spacial score (nSPS) is 17.7. The standard InChI is InChI=1S/C23H31N3O5S/c1-24-11-13-25(14-12-24)20-15-17(5-6-23(20)31-4)32(27,28)26-10-9-18-19(16-26)22(30-3)8-7-21(18)29-2/h5-8,15H,9-14,16H2,1-4H3. The van der Waals surface area contributed by atoms with E-state index < -0.39 is 10.0 Å². The van der Waals surface area contributed by atoms with E-state index in [0.717, 1.165) is 48.7 Å². The molecule has 2 heterocycles. The van der Waals surface area contributed by atoms with Crippen LogP contribution in [0.4, 0.5) is 5.69 Å². The van der Waals surface area contributed by atoms with Gasteiger partial charge >= 0.3 is 0 Å². The van der Waals surface area contributed by atoms with Gasteiger partial charge in [0.25, 0.3) is 0 Å². The number of nitrogens with zero attached hydrogens (tertiary/aromatic N) is 3. The first kappa shape index (κ1) is 22.7. The molecule has 0 aliphatic carbocycles. The fraction of sp³-hybridized carbons (Fsp3) is 0.478. The SMILES string of the molecule is COc1ccc(S(=O)(=O)N2CCc3c(OC)ccc(OC)c3C2)cc1N1CCN(C)CC1. The van der Waals surface area contributed by atoms with Crippen LogP contribution in [0.15, 0.2) is 35.2 Å². The highest BCUT2D eigenvalue weighted by atomic mass is 32.2. The highest BCUT2D eigenvalue weighted by molar-refractivity contribution is 7.89. The van der Waals surface area contributed by atoms with Crippen molar-refractivity contribution in [2.45, 2.75) is 17.9 Å². The summed E-state index contributed by atoms with van der Waals surface area (Å²) in [6.45, 7) is 4.12. The predicted octanol–water partition coefficient (Wildman–Crippen LogP) is 2.21. The number of ether oxygens (including phenoxy) is 3. The third-order valence-electron chi connectivity index (χ3n) is 6.36. The maximum atomic E-state index is 13.6. The van der Waals surface area contributed by atoms with E-state index in [2.05, 4.69) is 16.8 Å². The molecule has 4 rings (SSSR count). The zero-order valence-corrected chi connectivity index (χ0v) is 19.9. The van der Waals surface area contributed by atoms with Crippen LogP contribution in [0.2, 0.25) is 0 Å². The van der Waals surface area contributed by atoms with Crippen LogP contribution in [-0.4, -0.2) is 78.7 Å². The molecule has 9 heteroatoms. The van der Waals surface area contributed by atoms with Crippen LogP contribution in [0.1, 0.15) is 11.1 Å². The van der Waals surface area contributed by atoms with Crippen LogP contribution in [0.5, 0.6) is 17.2 Å². The van der Waals surface area contributed by atoms with Gasteiger partial charge in [0.1, 0.15) is 17.2 Å². The quantitative estimate of drug-likeness (QED) is 0.653. The highest BCUT2D eigenvalue weighted by Gasteiger charge is 2.32. The Hall–Kier alpha value is -2.49. The van der Waals surface area contributed by atoms with Gasteiger partial charge in [0.15, 0.2) is 0 Å². The van der Waals surface area contributed by atoms with Gasteiger partial charge in [-0.3, -0.25) is 0 Å². The Morgan fingerprint density at radius 3 is 2.00 bits per heavy atom. The van der Waals surface area contributed by atoms with E-state index in [1.54, 1.807) is 39.5 Å². The van der Waals surface area contributed by atoms with Gasteiger partial charge in [0, 0.05) is 50.4 Å². The molecule has 0 amide bonds. The number of hydrogen-bond donors (Lipinski definition) is 0. The van der Waals surface area contributed by atoms with E-state index in [9.17, 15) is 8.42 Å². The van der Waals surface area contributed by atoms with Gasteiger partial charge in [-0.15, -0.1) is 0 Å². The molecular formula is C23H31N3O5S. The molecule has 1 saturated heterocycles. The summed E-state index contributed by atoms with van der Waals surface area (Å²) in [5.74, 6) is 2.12. The van der Waals surface area contributed by atoms with Gasteiger partial charge in [-0.25, -0.2) is 8.42 Å². The van der Waals surface area contributed by atoms with Crippen molar-refractivity contribution >= 4 is 15.7 Å². The Kier molecular flexibility index (Phi) is 6.50. The summed E-state index contributed by atoms with van der Waals surface area (Å²) >= 11 is 0. The zero-order chi connectivity index (χ0) is 22.9. The molecule has 2 aliphatic rings. The van der Waals surface area contributed by atoms with Crippen LogP contribution in [0, 0.1) is 0 Å². The number of hydrogen-bond acceptors (Lipinski definition) is 7. The lowest BCUT2D eigenvalue weighted by atomic mass is 9.99. The fourth-order valence-electron chi connectivity index (χ4n) is 4.45. The summed E-state index contributed by atoms with van der Waals surface area (Å²) in [4.78, 5) is 4.73. The van der Waals surface area contributed by atoms with E-state index in [4.69, 9.17) is 14.2 Å². The zero-order valence-electron chi connectivity index (χ0n) is 19.1. The topological polar surface area (TPSA) is 71.5 Å². The average molecular weight is 462 g/mol. The number of sulfonamides is 1. The molecule has 2 aromatic carbocycles. The van der Waals surface area contributed by atoms with Crippen molar-refractivity contribution in [3.63, 3.8) is 0 Å². The molecule has 2 aliphatic heterocycles. The second kappa shape index (κ2) is 9.17. The number of rotatable bonds is 6. The minimum absolute atomic E-state index is 0.244. The predicted molar refractivity (Wildman–Crippen MR) is 124 cm³/mol. The van der Waals surface area contributed by atoms with E-state index in [1.165, 1.54) is 4.31 Å². The van der Waals surface area contributed by atoms with Crippen molar-refractivity contribution in [3.8, 4) is 17.2 Å². The second-order valence-electron chi connectivity index (χ2n) is 8.14. The summed E-state index contributed by atoms with van der Waals surface area (Å²) in [7, 11) is 3.23. The van der Waals surface area contributed by atoms with Crippen molar-refractivity contribution in [2.75, 3.05) is 66.0 Å². The van der Waals surface area contributed by atoms with Gasteiger partial charge in [0.2, 0.25) is 10.0 Å². The molecule has 0 saturated carbocycles. The van der Waals surface area contributed by atoms with Gasteiger partial charge in [-0.1, -0.05) is 0 Å². The molecule has 1 fully saturated rings. The van der Waals surface area contributed by atoms with Crippen LogP contribution < -0.4 is 19.1 Å². The number of methoxy groups -OCH3 is 3. The third kappa shape index (κ3) is 4.12. The van der Waals surface area contributed by atoms with E-state index in [1.807, 2.05) is 12.1 Å². The molecule has 32 heavy (non-hydrogen) atoms. The Morgan fingerprint density at radius 2 is 1.38 bits per heavy atom. The highest BCUT2D eigenvalue weighted by Crippen LogP contribution is 2.38. The number of likely N-dealkylation sites (N-methyl/N-ethyl adjacent to an activating group) is 1. The lowest BCUT2D eigenvalue weighted by molar-refractivity contribution is 0.311. The summed E-state index contributed by atoms with van der Waals surface area (Å²) in [6, 6.07) is 8.83. The smallest absolute Gasteiger partial charge is 0.243 e. The van der Waals surface area contributed by atoms with Crippen molar-refractivity contribution in [3.05, 3.63) is 41.5 Å². The Balaban J connectivity index is 1.67. The number of benzene rings is 2. The summed E-state index contributed by atoms with van der Waals surface area (Å²) in [5.41, 5.74) is 2.68. The number of piperazine rings is 1. The maximum Gasteiger partial charge on any atom is 0.243 e. The first-order valence-electron chi connectivity index (χ1n) is 10.7. The van der Waals surface area contributed by atoms with Crippen molar-refractivity contribution < 1.29 is 22.6 Å². The van der Waals surface area contributed by atoms with Crippen molar-refractivity contribution in [1.82, 2.24) is 9.21 Å². The minimum Gasteiger partial charge on any atom is -0.496 e. The van der Waals surface area contributed by atoms with Gasteiger partial charge in [0.05, 0.1) is 31.9 Å². The average Bonchev–Trinajstić information content (AvgIpc) is 2.83. The largest absolute Gasteiger partial charge is 0.496 e. The molecule has 174 valence electrons. The van der Waals surface area contributed by atoms with Gasteiger partial charge in [-0.2, -0.15) is 4.31 Å². The van der Waals surface area contributed by atoms with Gasteiger partial charge in [-0.05, 0) is 43.8 Å². The summed E-state index contributed by atoms with van der Waals surface area (Å²) in [6.07, 6.45) is 0.566. The van der Waals surface area contributed by atoms with E-state index in [0.29, 0.717) is 24.5 Å². The molecule has 0 aromatic heterocycles. The molecule has 8 nitrogen and oxygen atoms in total. The number of anilines is 1. The molecule has 0 radical (unpaired) electrons. The molecule has 0 N–H and O–H groups in total. The summed E-state index contributed by atoms with van der Waals surface area (Å²) < 4.78 is 45.3. The lowest BCUT2D eigenvalue weighted by Gasteiger charge is -2.35. The Morgan fingerprint density at radius 1 is 0.781 bits per heavy atom. The third-order valence-corrected chi connectivity index (χ3v) is 8.20. The Bertz CT molecular complexity index is 1080. The fourth-order valence-corrected chi connectivity index (χ4v) is 5.88. The Labute approximate surface area is 190 Å². The molecule has 0 spiro atoms. The number of fused-ring (bicyclic) bond motifs is 1. The van der Waals surface area contributed by atoms with E-state index >= 15 is 0 Å². The molecule has 0 unspecified atom stereocenters.